The number of aliphatic imine (C=N–C) groups is 1. The van der Waals surface area contributed by atoms with Crippen molar-refractivity contribution in [3.05, 3.63) is 11.1 Å². The molecule has 0 atom stereocenters. The quantitative estimate of drug-likeness (QED) is 0.444. The summed E-state index contributed by atoms with van der Waals surface area (Å²) in [4.78, 5) is 4.98. The van der Waals surface area contributed by atoms with E-state index in [1.807, 2.05) is 6.92 Å². The molecule has 1 nitrogen and oxygen atoms in total. The fourth-order valence-electron chi connectivity index (χ4n) is 0.339. The molecule has 0 spiro atoms. The van der Waals surface area contributed by atoms with E-state index in [9.17, 15) is 0 Å². The molecular formula is C8H15NS. The third-order valence-electron chi connectivity index (χ3n) is 1.11. The minimum atomic E-state index is 0.121. The highest BCUT2D eigenvalue weighted by molar-refractivity contribution is 7.84. The van der Waals surface area contributed by atoms with Gasteiger partial charge in [-0.25, -0.2) is 0 Å². The van der Waals surface area contributed by atoms with Gasteiger partial charge in [-0.2, -0.15) is 0 Å². The summed E-state index contributed by atoms with van der Waals surface area (Å²) >= 11 is 4.29. The van der Waals surface area contributed by atoms with Crippen LogP contribution in [0.4, 0.5) is 0 Å². The summed E-state index contributed by atoms with van der Waals surface area (Å²) in [5.41, 5.74) is 0.121. The minimum absolute atomic E-state index is 0.121. The molecule has 0 fully saturated rings. The molecule has 0 saturated carbocycles. The molecular weight excluding hydrogens is 142 g/mol. The van der Waals surface area contributed by atoms with Crippen LogP contribution < -0.4 is 0 Å². The Labute approximate surface area is 68.7 Å². The first kappa shape index (κ1) is 9.76. The van der Waals surface area contributed by atoms with Gasteiger partial charge < -0.3 is 0 Å². The molecule has 0 aliphatic heterocycles. The lowest BCUT2D eigenvalue weighted by molar-refractivity contribution is 0.533. The third-order valence-corrected chi connectivity index (χ3v) is 1.90. The van der Waals surface area contributed by atoms with Crippen LogP contribution in [0.5, 0.6) is 0 Å². The Bertz CT molecular complexity index is 151. The fraction of sp³-hybridized carbons (Fsp3) is 0.625. The summed E-state index contributed by atoms with van der Waals surface area (Å²) in [5, 5.41) is 0. The van der Waals surface area contributed by atoms with Crippen LogP contribution in [-0.4, -0.2) is 6.21 Å². The van der Waals surface area contributed by atoms with E-state index >= 15 is 0 Å². The Balaban J connectivity index is 4.20. The van der Waals surface area contributed by atoms with Gasteiger partial charge in [0.15, 0.2) is 0 Å². The van der Waals surface area contributed by atoms with E-state index in [0.717, 1.165) is 4.91 Å². The summed E-state index contributed by atoms with van der Waals surface area (Å²) in [6.45, 7) is 8.21. The summed E-state index contributed by atoms with van der Waals surface area (Å²) in [7, 11) is 0. The molecule has 0 aromatic rings. The Morgan fingerprint density at radius 2 is 1.90 bits per heavy atom. The lowest BCUT2D eigenvalue weighted by Gasteiger charge is -2.16. The van der Waals surface area contributed by atoms with Crippen molar-refractivity contribution < 1.29 is 0 Å². The number of hydrogen-bond acceptors (Lipinski definition) is 2. The van der Waals surface area contributed by atoms with Crippen LogP contribution in [0.25, 0.3) is 0 Å². The first-order valence-corrected chi connectivity index (χ1v) is 3.80. The zero-order valence-electron chi connectivity index (χ0n) is 7.05. The molecule has 0 aliphatic rings. The Kier molecular flexibility index (Phi) is 3.72. The molecule has 0 aromatic carbocycles. The predicted molar refractivity (Wildman–Crippen MR) is 50.7 cm³/mol. The van der Waals surface area contributed by atoms with E-state index in [-0.39, 0.29) is 5.41 Å². The van der Waals surface area contributed by atoms with Gasteiger partial charge in [0.25, 0.3) is 0 Å². The van der Waals surface area contributed by atoms with E-state index in [1.54, 1.807) is 12.4 Å². The van der Waals surface area contributed by atoms with Crippen LogP contribution in [0.1, 0.15) is 27.7 Å². The second kappa shape index (κ2) is 3.81. The lowest BCUT2D eigenvalue weighted by atomic mass is 9.97. The van der Waals surface area contributed by atoms with Crippen LogP contribution in [0, 0.1) is 5.41 Å². The van der Waals surface area contributed by atoms with Gasteiger partial charge in [-0.15, -0.1) is 12.6 Å². The van der Waals surface area contributed by atoms with E-state index in [4.69, 9.17) is 0 Å². The van der Waals surface area contributed by atoms with Crippen LogP contribution in [0.2, 0.25) is 0 Å². The SMILES string of the molecule is C/C=N\C=C(/S)C(C)(C)C. The average Bonchev–Trinajstić information content (AvgIpc) is 1.80. The van der Waals surface area contributed by atoms with Gasteiger partial charge in [-0.3, -0.25) is 4.99 Å². The smallest absolute Gasteiger partial charge is 0.0361 e. The van der Waals surface area contributed by atoms with Crippen molar-refractivity contribution in [2.75, 3.05) is 0 Å². The summed E-state index contributed by atoms with van der Waals surface area (Å²) in [6.07, 6.45) is 3.53. The van der Waals surface area contributed by atoms with Crippen molar-refractivity contribution in [2.24, 2.45) is 10.4 Å². The highest BCUT2D eigenvalue weighted by Gasteiger charge is 2.12. The maximum atomic E-state index is 4.29. The van der Waals surface area contributed by atoms with Crippen molar-refractivity contribution in [2.45, 2.75) is 27.7 Å². The molecule has 0 aliphatic carbocycles. The summed E-state index contributed by atoms with van der Waals surface area (Å²) in [5.74, 6) is 0. The van der Waals surface area contributed by atoms with E-state index in [2.05, 4.69) is 38.4 Å². The first-order chi connectivity index (χ1) is 4.48. The molecule has 0 bridgehead atoms. The largest absolute Gasteiger partial charge is 0.269 e. The molecule has 0 N–H and O–H groups in total. The molecule has 10 heavy (non-hydrogen) atoms. The maximum Gasteiger partial charge on any atom is 0.0361 e. The van der Waals surface area contributed by atoms with Crippen molar-refractivity contribution in [1.82, 2.24) is 0 Å². The molecule has 0 radical (unpaired) electrons. The normalized spacial score (nSPS) is 14.7. The number of nitrogens with zero attached hydrogens (tertiary/aromatic N) is 1. The number of thiol groups is 1. The zero-order chi connectivity index (χ0) is 8.20. The number of allylic oxidation sites excluding steroid dienone is 1. The number of hydrogen-bond donors (Lipinski definition) is 1. The second-order valence-corrected chi connectivity index (χ2v) is 3.65. The minimum Gasteiger partial charge on any atom is -0.269 e. The monoisotopic (exact) mass is 157 g/mol. The van der Waals surface area contributed by atoms with Crippen LogP contribution >= 0.6 is 12.6 Å². The van der Waals surface area contributed by atoms with Gasteiger partial charge in [0.2, 0.25) is 0 Å². The van der Waals surface area contributed by atoms with Gasteiger partial charge >= 0.3 is 0 Å². The van der Waals surface area contributed by atoms with Crippen LogP contribution in [0.15, 0.2) is 16.1 Å². The number of rotatable bonds is 1. The van der Waals surface area contributed by atoms with Crippen LogP contribution in [0.3, 0.4) is 0 Å². The molecule has 0 saturated heterocycles. The molecule has 0 amide bonds. The van der Waals surface area contributed by atoms with Gasteiger partial charge in [0.05, 0.1) is 0 Å². The third kappa shape index (κ3) is 3.72. The molecule has 58 valence electrons. The maximum absolute atomic E-state index is 4.29. The van der Waals surface area contributed by atoms with Gasteiger partial charge in [0, 0.05) is 17.3 Å². The first-order valence-electron chi connectivity index (χ1n) is 3.36. The van der Waals surface area contributed by atoms with Gasteiger partial charge in [-0.05, 0) is 12.3 Å². The predicted octanol–water partition coefficient (Wildman–Crippen LogP) is 2.89. The molecule has 0 heterocycles. The molecule has 2 heteroatoms. The topological polar surface area (TPSA) is 12.4 Å². The van der Waals surface area contributed by atoms with Crippen molar-refractivity contribution in [3.8, 4) is 0 Å². The second-order valence-electron chi connectivity index (χ2n) is 3.17. The highest BCUT2D eigenvalue weighted by atomic mass is 32.1. The Morgan fingerprint density at radius 1 is 1.40 bits per heavy atom. The van der Waals surface area contributed by atoms with Crippen LogP contribution in [-0.2, 0) is 0 Å². The lowest BCUT2D eigenvalue weighted by Crippen LogP contribution is -2.03. The van der Waals surface area contributed by atoms with Crippen molar-refractivity contribution in [3.63, 3.8) is 0 Å². The summed E-state index contributed by atoms with van der Waals surface area (Å²) < 4.78 is 0. The fourth-order valence-corrected chi connectivity index (χ4v) is 0.405. The zero-order valence-corrected chi connectivity index (χ0v) is 7.94. The van der Waals surface area contributed by atoms with E-state index < -0.39 is 0 Å². The van der Waals surface area contributed by atoms with Gasteiger partial charge in [0.1, 0.15) is 0 Å². The highest BCUT2D eigenvalue weighted by Crippen LogP contribution is 2.27. The van der Waals surface area contributed by atoms with E-state index in [0.29, 0.717) is 0 Å². The average molecular weight is 157 g/mol. The van der Waals surface area contributed by atoms with Crippen molar-refractivity contribution in [1.29, 1.82) is 0 Å². The summed E-state index contributed by atoms with van der Waals surface area (Å²) in [6, 6.07) is 0. The molecule has 0 rings (SSSR count). The van der Waals surface area contributed by atoms with E-state index in [1.165, 1.54) is 0 Å². The standard InChI is InChI=1S/C8H15NS/c1-5-9-6-7(10)8(2,3)4/h5-6,10H,1-4H3/b7-6-,9-5-. The molecule has 0 aromatic heterocycles. The Hall–Kier alpha value is -0.240. The van der Waals surface area contributed by atoms with Crippen molar-refractivity contribution >= 4 is 18.8 Å². The molecule has 0 unspecified atom stereocenters. The van der Waals surface area contributed by atoms with Gasteiger partial charge in [-0.1, -0.05) is 20.8 Å². The Morgan fingerprint density at radius 3 is 2.20 bits per heavy atom.